The summed E-state index contributed by atoms with van der Waals surface area (Å²) in [5.41, 5.74) is 3.36. The number of fused-ring (bicyclic) bond motifs is 2. The Morgan fingerprint density at radius 2 is 1.97 bits per heavy atom. The lowest BCUT2D eigenvalue weighted by molar-refractivity contribution is -0.116. The summed E-state index contributed by atoms with van der Waals surface area (Å²) in [4.78, 5) is 25.9. The number of sulfonamides is 1. The fourth-order valence-corrected chi connectivity index (χ4v) is 6.67. The molecule has 0 atom stereocenters. The molecule has 3 aromatic heterocycles. The van der Waals surface area contributed by atoms with Crippen LogP contribution in [0.5, 0.6) is 0 Å². The molecule has 12 heteroatoms. The normalized spacial score (nSPS) is 15.0. The van der Waals surface area contributed by atoms with E-state index in [9.17, 15) is 13.2 Å². The zero-order chi connectivity index (χ0) is 23.2. The number of thiazole rings is 1. The maximum atomic E-state index is 12.8. The fourth-order valence-electron chi connectivity index (χ4n) is 4.13. The Morgan fingerprint density at radius 1 is 1.18 bits per heavy atom. The number of nitrogens with zero attached hydrogens (tertiary/aromatic N) is 6. The minimum Gasteiger partial charge on any atom is -0.302 e. The third-order valence-electron chi connectivity index (χ3n) is 5.90. The molecule has 1 aliphatic heterocycles. The van der Waals surface area contributed by atoms with Crippen LogP contribution in [0.1, 0.15) is 36.2 Å². The van der Waals surface area contributed by atoms with Gasteiger partial charge in [-0.05, 0) is 56.9 Å². The average molecular weight is 486 g/mol. The maximum absolute atomic E-state index is 12.8. The van der Waals surface area contributed by atoms with E-state index in [1.807, 2.05) is 13.8 Å². The molecule has 1 aromatic carbocycles. The van der Waals surface area contributed by atoms with E-state index in [4.69, 9.17) is 0 Å². The topological polar surface area (TPSA) is 122 Å². The van der Waals surface area contributed by atoms with Gasteiger partial charge in [-0.2, -0.15) is 14.4 Å². The van der Waals surface area contributed by atoms with Gasteiger partial charge in [0.2, 0.25) is 15.9 Å². The summed E-state index contributed by atoms with van der Waals surface area (Å²) in [7, 11) is -3.50. The number of nitrogens with one attached hydrogen (secondary N) is 1. The summed E-state index contributed by atoms with van der Waals surface area (Å²) < 4.78 is 29.6. The van der Waals surface area contributed by atoms with Crippen molar-refractivity contribution in [3.8, 4) is 0 Å². The minimum absolute atomic E-state index is 0.170. The molecule has 4 heterocycles. The average Bonchev–Trinajstić information content (AvgIpc) is 3.53. The SMILES string of the molecule is Cc1nc2ncnn2c(C)c1CCC(=O)Nc1nc2ccc(S(=O)(=O)N3CCCC3)cc2s1. The van der Waals surface area contributed by atoms with Gasteiger partial charge in [-0.1, -0.05) is 11.3 Å². The van der Waals surface area contributed by atoms with E-state index >= 15 is 0 Å². The zero-order valence-electron chi connectivity index (χ0n) is 18.3. The summed E-state index contributed by atoms with van der Waals surface area (Å²) in [5, 5.41) is 7.46. The number of carbonyl (C=O) groups is 1. The molecule has 0 aliphatic carbocycles. The van der Waals surface area contributed by atoms with Crippen LogP contribution in [0.15, 0.2) is 29.4 Å². The Hall–Kier alpha value is -2.96. The third kappa shape index (κ3) is 4.09. The summed E-state index contributed by atoms with van der Waals surface area (Å²) in [6.45, 7) is 4.95. The van der Waals surface area contributed by atoms with Crippen LogP contribution in [0.25, 0.3) is 16.0 Å². The molecule has 0 radical (unpaired) electrons. The number of amides is 1. The third-order valence-corrected chi connectivity index (χ3v) is 8.73. The van der Waals surface area contributed by atoms with Gasteiger partial charge in [0.05, 0.1) is 15.1 Å². The van der Waals surface area contributed by atoms with Crippen molar-refractivity contribution in [3.05, 3.63) is 41.5 Å². The lowest BCUT2D eigenvalue weighted by atomic mass is 10.1. The standard InChI is InChI=1S/C21H23N7O3S2/c1-13-16(14(2)28-20(24-13)22-12-23-28)6-8-19(29)26-21-25-17-7-5-15(11-18(17)32-21)33(30,31)27-9-3-4-10-27/h5,7,11-12H,3-4,6,8-10H2,1-2H3,(H,25,26,29). The highest BCUT2D eigenvalue weighted by atomic mass is 32.2. The molecule has 0 bridgehead atoms. The lowest BCUT2D eigenvalue weighted by Crippen LogP contribution is -2.27. The van der Waals surface area contributed by atoms with Crippen LogP contribution in [-0.2, 0) is 21.2 Å². The number of aryl methyl sites for hydroxylation is 2. The quantitative estimate of drug-likeness (QED) is 0.445. The fraction of sp³-hybridized carbons (Fsp3) is 0.381. The minimum atomic E-state index is -3.50. The molecule has 33 heavy (non-hydrogen) atoms. The largest absolute Gasteiger partial charge is 0.302 e. The second-order valence-corrected chi connectivity index (χ2v) is 11.0. The van der Waals surface area contributed by atoms with E-state index in [2.05, 4.69) is 25.4 Å². The number of carbonyl (C=O) groups excluding carboxylic acids is 1. The molecule has 4 aromatic rings. The van der Waals surface area contributed by atoms with Crippen LogP contribution in [0, 0.1) is 13.8 Å². The van der Waals surface area contributed by atoms with Crippen LogP contribution < -0.4 is 5.32 Å². The van der Waals surface area contributed by atoms with Gasteiger partial charge in [0.15, 0.2) is 5.13 Å². The molecule has 1 amide bonds. The van der Waals surface area contributed by atoms with E-state index in [1.54, 1.807) is 22.7 Å². The predicted molar refractivity (Wildman–Crippen MR) is 125 cm³/mol. The Kier molecular flexibility index (Phi) is 5.59. The van der Waals surface area contributed by atoms with Gasteiger partial charge in [0.25, 0.3) is 5.78 Å². The van der Waals surface area contributed by atoms with E-state index in [1.165, 1.54) is 22.0 Å². The highest BCUT2D eigenvalue weighted by Gasteiger charge is 2.27. The van der Waals surface area contributed by atoms with Gasteiger partial charge in [-0.25, -0.2) is 22.9 Å². The molecular formula is C21H23N7O3S2. The second-order valence-electron chi connectivity index (χ2n) is 8.04. The molecule has 0 unspecified atom stereocenters. The molecule has 5 rings (SSSR count). The molecule has 1 fully saturated rings. The van der Waals surface area contributed by atoms with E-state index in [0.717, 1.165) is 34.5 Å². The molecule has 172 valence electrons. The van der Waals surface area contributed by atoms with Crippen molar-refractivity contribution >= 4 is 48.4 Å². The highest BCUT2D eigenvalue weighted by Crippen LogP contribution is 2.30. The first-order chi connectivity index (χ1) is 15.8. The number of benzene rings is 1. The van der Waals surface area contributed by atoms with Crippen molar-refractivity contribution < 1.29 is 13.2 Å². The Labute approximate surface area is 194 Å². The number of anilines is 1. The van der Waals surface area contributed by atoms with E-state index in [-0.39, 0.29) is 17.2 Å². The lowest BCUT2D eigenvalue weighted by Gasteiger charge is -2.15. The van der Waals surface area contributed by atoms with Gasteiger partial charge in [-0.3, -0.25) is 4.79 Å². The highest BCUT2D eigenvalue weighted by molar-refractivity contribution is 7.89. The summed E-state index contributed by atoms with van der Waals surface area (Å²) in [5.74, 6) is 0.371. The molecule has 10 nitrogen and oxygen atoms in total. The van der Waals surface area contributed by atoms with Crippen LogP contribution >= 0.6 is 11.3 Å². The van der Waals surface area contributed by atoms with E-state index in [0.29, 0.717) is 35.9 Å². The van der Waals surface area contributed by atoms with Crippen molar-refractivity contribution in [2.24, 2.45) is 0 Å². The molecular weight excluding hydrogens is 462 g/mol. The van der Waals surface area contributed by atoms with Gasteiger partial charge < -0.3 is 5.32 Å². The van der Waals surface area contributed by atoms with Gasteiger partial charge in [0.1, 0.15) is 6.33 Å². The summed E-state index contributed by atoms with van der Waals surface area (Å²) >= 11 is 1.27. The van der Waals surface area contributed by atoms with Gasteiger partial charge in [0, 0.05) is 30.9 Å². The number of rotatable bonds is 6. The van der Waals surface area contributed by atoms with Crippen molar-refractivity contribution in [3.63, 3.8) is 0 Å². The first kappa shape index (κ1) is 21.9. The van der Waals surface area contributed by atoms with Crippen molar-refractivity contribution in [1.29, 1.82) is 0 Å². The van der Waals surface area contributed by atoms with Crippen molar-refractivity contribution in [1.82, 2.24) is 28.9 Å². The van der Waals surface area contributed by atoms with Crippen LogP contribution in [0.3, 0.4) is 0 Å². The molecule has 1 saturated heterocycles. The Morgan fingerprint density at radius 3 is 2.76 bits per heavy atom. The first-order valence-electron chi connectivity index (χ1n) is 10.7. The predicted octanol–water partition coefficient (Wildman–Crippen LogP) is 2.71. The summed E-state index contributed by atoms with van der Waals surface area (Å²) in [6, 6.07) is 4.92. The first-order valence-corrected chi connectivity index (χ1v) is 12.9. The Bertz CT molecular complexity index is 1470. The molecule has 1 N–H and O–H groups in total. The Balaban J connectivity index is 1.30. The van der Waals surface area contributed by atoms with Gasteiger partial charge >= 0.3 is 0 Å². The van der Waals surface area contributed by atoms with Crippen LogP contribution in [0.2, 0.25) is 0 Å². The summed E-state index contributed by atoms with van der Waals surface area (Å²) in [6.07, 6.45) is 4.00. The number of hydrogen-bond donors (Lipinski definition) is 1. The number of aromatic nitrogens is 5. The molecule has 0 spiro atoms. The maximum Gasteiger partial charge on any atom is 0.252 e. The number of hydrogen-bond acceptors (Lipinski definition) is 8. The van der Waals surface area contributed by atoms with Crippen molar-refractivity contribution in [2.75, 3.05) is 18.4 Å². The second kappa shape index (κ2) is 8.43. The van der Waals surface area contributed by atoms with Crippen LogP contribution in [-0.4, -0.2) is 56.3 Å². The van der Waals surface area contributed by atoms with Gasteiger partial charge in [-0.15, -0.1) is 0 Å². The smallest absolute Gasteiger partial charge is 0.252 e. The molecule has 1 aliphatic rings. The van der Waals surface area contributed by atoms with E-state index < -0.39 is 10.0 Å². The monoisotopic (exact) mass is 485 g/mol. The van der Waals surface area contributed by atoms with Crippen molar-refractivity contribution in [2.45, 2.75) is 44.4 Å². The van der Waals surface area contributed by atoms with Crippen LogP contribution in [0.4, 0.5) is 5.13 Å². The zero-order valence-corrected chi connectivity index (χ0v) is 19.9. The molecule has 0 saturated carbocycles.